The van der Waals surface area contributed by atoms with Gasteiger partial charge in [0.05, 0.1) is 5.41 Å². The fourth-order valence-corrected chi connectivity index (χ4v) is 10.8. The van der Waals surface area contributed by atoms with Crippen molar-refractivity contribution in [2.45, 2.75) is 5.41 Å². The number of aromatic nitrogens is 1. The van der Waals surface area contributed by atoms with Gasteiger partial charge in [0.2, 0.25) is 0 Å². The van der Waals surface area contributed by atoms with Crippen molar-refractivity contribution in [1.29, 1.82) is 0 Å². The Bertz CT molecular complexity index is 3280. The number of hydrogen-bond acceptors (Lipinski definition) is 1. The predicted octanol–water partition coefficient (Wildman–Crippen LogP) is 13.9. The molecule has 0 saturated heterocycles. The maximum atomic E-state index is 5.09. The van der Waals surface area contributed by atoms with Crippen LogP contribution in [0, 0.1) is 0 Å². The number of rotatable bonds is 2. The van der Waals surface area contributed by atoms with Crippen LogP contribution in [0.5, 0.6) is 0 Å². The van der Waals surface area contributed by atoms with Crippen molar-refractivity contribution < 1.29 is 0 Å². The lowest BCUT2D eigenvalue weighted by molar-refractivity contribution is 0.794. The van der Waals surface area contributed by atoms with E-state index < -0.39 is 5.41 Å². The zero-order chi connectivity index (χ0) is 35.8. The van der Waals surface area contributed by atoms with Crippen LogP contribution >= 0.6 is 0 Å². The molecule has 1 aromatic heterocycles. The van der Waals surface area contributed by atoms with Crippen molar-refractivity contribution in [2.75, 3.05) is 0 Å². The Kier molecular flexibility index (Phi) is 5.62. The molecule has 10 aromatic rings. The molecule has 0 atom stereocenters. The average molecular weight is 694 g/mol. The summed E-state index contributed by atoms with van der Waals surface area (Å²) in [5.41, 5.74) is 20.2. The molecular weight excluding hydrogens is 663 g/mol. The number of benzene rings is 9. The second kappa shape index (κ2) is 10.5. The van der Waals surface area contributed by atoms with Crippen molar-refractivity contribution in [3.63, 3.8) is 0 Å². The molecule has 0 N–H and O–H groups in total. The number of pyridine rings is 1. The first-order valence-corrected chi connectivity index (χ1v) is 19.2. The summed E-state index contributed by atoms with van der Waals surface area (Å²) in [6, 6.07) is 65.9. The summed E-state index contributed by atoms with van der Waals surface area (Å²) in [6.07, 6.45) is 4.16. The minimum absolute atomic E-state index is 0.453. The molecule has 0 amide bonds. The van der Waals surface area contributed by atoms with Crippen LogP contribution in [0.1, 0.15) is 22.3 Å². The lowest BCUT2D eigenvalue weighted by Crippen LogP contribution is -2.26. The first-order chi connectivity index (χ1) is 27.3. The second-order valence-electron chi connectivity index (χ2n) is 15.3. The molecule has 3 aliphatic carbocycles. The molecule has 0 bridgehead atoms. The smallest absolute Gasteiger partial charge is 0.0725 e. The Morgan fingerprint density at radius 1 is 0.309 bits per heavy atom. The summed E-state index contributed by atoms with van der Waals surface area (Å²) in [6.45, 7) is 0. The molecule has 0 saturated carbocycles. The zero-order valence-corrected chi connectivity index (χ0v) is 29.8. The van der Waals surface area contributed by atoms with Crippen LogP contribution in [-0.4, -0.2) is 4.98 Å². The van der Waals surface area contributed by atoms with Gasteiger partial charge in [0, 0.05) is 23.5 Å². The highest BCUT2D eigenvalue weighted by Crippen LogP contribution is 2.67. The summed E-state index contributed by atoms with van der Waals surface area (Å²) in [7, 11) is 0. The van der Waals surface area contributed by atoms with Gasteiger partial charge in [0.1, 0.15) is 0 Å². The summed E-state index contributed by atoms with van der Waals surface area (Å²) < 4.78 is 0. The molecular formula is C54H31N. The lowest BCUT2D eigenvalue weighted by atomic mass is 9.69. The molecule has 1 heterocycles. The molecule has 0 aliphatic heterocycles. The Hall–Kier alpha value is -7.09. The second-order valence-corrected chi connectivity index (χ2v) is 15.3. The largest absolute Gasteiger partial charge is 0.263 e. The van der Waals surface area contributed by atoms with E-state index in [1.54, 1.807) is 0 Å². The Morgan fingerprint density at radius 2 is 0.855 bits per heavy atom. The Balaban J connectivity index is 1.19. The fourth-order valence-electron chi connectivity index (χ4n) is 10.8. The van der Waals surface area contributed by atoms with E-state index in [0.29, 0.717) is 0 Å². The Labute approximate surface area is 318 Å². The van der Waals surface area contributed by atoms with Crippen LogP contribution in [0.3, 0.4) is 0 Å². The maximum Gasteiger partial charge on any atom is 0.0725 e. The van der Waals surface area contributed by atoms with Crippen LogP contribution in [0.2, 0.25) is 0 Å². The van der Waals surface area contributed by atoms with Gasteiger partial charge in [0.25, 0.3) is 0 Å². The van der Waals surface area contributed by atoms with E-state index in [4.69, 9.17) is 4.98 Å². The summed E-state index contributed by atoms with van der Waals surface area (Å²) in [5, 5.41) is 7.63. The number of hydrogen-bond donors (Lipinski definition) is 0. The predicted molar refractivity (Wildman–Crippen MR) is 228 cm³/mol. The molecule has 3 aliphatic rings. The van der Waals surface area contributed by atoms with Gasteiger partial charge in [0.15, 0.2) is 0 Å². The number of fused-ring (bicyclic) bond motifs is 16. The van der Waals surface area contributed by atoms with Crippen molar-refractivity contribution in [2.24, 2.45) is 0 Å². The molecule has 0 unspecified atom stereocenters. The van der Waals surface area contributed by atoms with Crippen LogP contribution in [0.25, 0.3) is 99.1 Å². The van der Waals surface area contributed by atoms with Gasteiger partial charge in [-0.3, -0.25) is 4.98 Å². The SMILES string of the molecule is c1ccc2c(c1)-c1ccccc1C21c2ccccc2-c2c1cc1c(c2-c2cncc(-c3cccc4ccc5ccccc5c34)c2)-c2cccc3cccc-1c23. The third-order valence-corrected chi connectivity index (χ3v) is 12.9. The minimum atomic E-state index is -0.453. The molecule has 252 valence electrons. The summed E-state index contributed by atoms with van der Waals surface area (Å²) >= 11 is 0. The third kappa shape index (κ3) is 3.61. The molecule has 1 nitrogen and oxygen atoms in total. The van der Waals surface area contributed by atoms with Gasteiger partial charge < -0.3 is 0 Å². The van der Waals surface area contributed by atoms with E-state index in [0.717, 1.165) is 11.1 Å². The lowest BCUT2D eigenvalue weighted by Gasteiger charge is -2.31. The number of nitrogens with zero attached hydrogens (tertiary/aromatic N) is 1. The van der Waals surface area contributed by atoms with Gasteiger partial charge >= 0.3 is 0 Å². The highest BCUT2D eigenvalue weighted by atomic mass is 14.6. The van der Waals surface area contributed by atoms with Crippen molar-refractivity contribution >= 4 is 32.3 Å². The molecule has 55 heavy (non-hydrogen) atoms. The average Bonchev–Trinajstić information content (AvgIpc) is 3.85. The van der Waals surface area contributed by atoms with E-state index in [1.807, 2.05) is 0 Å². The van der Waals surface area contributed by atoms with E-state index >= 15 is 0 Å². The minimum Gasteiger partial charge on any atom is -0.263 e. The molecule has 9 aromatic carbocycles. The topological polar surface area (TPSA) is 12.9 Å². The molecule has 1 spiro atoms. The van der Waals surface area contributed by atoms with Crippen LogP contribution in [0.15, 0.2) is 188 Å². The summed E-state index contributed by atoms with van der Waals surface area (Å²) in [5.74, 6) is 0. The fraction of sp³-hybridized carbons (Fsp3) is 0.0185. The first kappa shape index (κ1) is 29.4. The van der Waals surface area contributed by atoms with E-state index in [9.17, 15) is 0 Å². The van der Waals surface area contributed by atoms with Gasteiger partial charge in [-0.1, -0.05) is 164 Å². The van der Waals surface area contributed by atoms with E-state index in [-0.39, 0.29) is 0 Å². The molecule has 13 rings (SSSR count). The van der Waals surface area contributed by atoms with E-state index in [2.05, 4.69) is 188 Å². The Morgan fingerprint density at radius 3 is 1.62 bits per heavy atom. The molecule has 0 fully saturated rings. The summed E-state index contributed by atoms with van der Waals surface area (Å²) in [4.78, 5) is 5.09. The van der Waals surface area contributed by atoms with Crippen LogP contribution < -0.4 is 0 Å². The molecule has 1 heteroatoms. The quantitative estimate of drug-likeness (QED) is 0.164. The standard InChI is InChI=1S/C54H31N/c1-2-16-37-32(12-1)26-27-34-15-9-20-38(49(34)37)35-28-36(31-55-30-35)51-52-43-22-11-14-33-13-10-21-41(50(33)43)44(52)29-48-53(51)42-19-5-8-25-47(42)54(48)45-23-6-3-17-39(45)40-18-4-7-24-46(40)54/h1-31H. The monoisotopic (exact) mass is 693 g/mol. The van der Waals surface area contributed by atoms with E-state index in [1.165, 1.54) is 110 Å². The normalized spacial score (nSPS) is 13.6. The third-order valence-electron chi connectivity index (χ3n) is 12.9. The highest BCUT2D eigenvalue weighted by molar-refractivity contribution is 6.21. The van der Waals surface area contributed by atoms with Crippen molar-refractivity contribution in [1.82, 2.24) is 4.98 Å². The zero-order valence-electron chi connectivity index (χ0n) is 29.8. The van der Waals surface area contributed by atoms with Gasteiger partial charge in [-0.25, -0.2) is 0 Å². The molecule has 0 radical (unpaired) electrons. The van der Waals surface area contributed by atoms with Crippen LogP contribution in [-0.2, 0) is 5.41 Å². The van der Waals surface area contributed by atoms with Gasteiger partial charge in [-0.2, -0.15) is 0 Å². The van der Waals surface area contributed by atoms with Crippen molar-refractivity contribution in [3.8, 4) is 66.8 Å². The van der Waals surface area contributed by atoms with Crippen molar-refractivity contribution in [3.05, 3.63) is 211 Å². The van der Waals surface area contributed by atoms with Gasteiger partial charge in [-0.15, -0.1) is 0 Å². The highest BCUT2D eigenvalue weighted by Gasteiger charge is 2.53. The van der Waals surface area contributed by atoms with Gasteiger partial charge in [-0.05, 0) is 122 Å². The maximum absolute atomic E-state index is 5.09. The first-order valence-electron chi connectivity index (χ1n) is 19.2. The van der Waals surface area contributed by atoms with Crippen LogP contribution in [0.4, 0.5) is 0 Å².